The molecule has 0 saturated carbocycles. The number of nitrogens with zero attached hydrogens (tertiary/aromatic N) is 1. The van der Waals surface area contributed by atoms with E-state index in [1.165, 1.54) is 10.4 Å². The molecule has 0 aliphatic heterocycles. The van der Waals surface area contributed by atoms with Crippen LogP contribution in [0.15, 0.2) is 29.2 Å². The van der Waals surface area contributed by atoms with Gasteiger partial charge in [-0.3, -0.25) is 0 Å². The largest absolute Gasteiger partial charge is 0.392 e. The van der Waals surface area contributed by atoms with Gasteiger partial charge in [-0.05, 0) is 18.6 Å². The molecule has 2 N–H and O–H groups in total. The highest BCUT2D eigenvalue weighted by molar-refractivity contribution is 7.89. The summed E-state index contributed by atoms with van der Waals surface area (Å²) in [4.78, 5) is 0.218. The number of hydrogen-bond acceptors (Lipinski definition) is 3. The predicted molar refractivity (Wildman–Crippen MR) is 77.3 cm³/mol. The average molecular weight is 307 g/mol. The molecular formula is C11H15ClN2O2S2. The minimum absolute atomic E-state index is 0.0245. The van der Waals surface area contributed by atoms with Crippen LogP contribution < -0.4 is 5.73 Å². The van der Waals surface area contributed by atoms with Crippen molar-refractivity contribution < 1.29 is 8.42 Å². The van der Waals surface area contributed by atoms with Crippen molar-refractivity contribution in [1.29, 1.82) is 0 Å². The third kappa shape index (κ3) is 3.65. The smallest absolute Gasteiger partial charge is 0.244 e. The molecule has 0 radical (unpaired) electrons. The van der Waals surface area contributed by atoms with Gasteiger partial charge in [-0.25, -0.2) is 8.42 Å². The number of benzene rings is 1. The van der Waals surface area contributed by atoms with Gasteiger partial charge in [0, 0.05) is 6.54 Å². The zero-order valence-electron chi connectivity index (χ0n) is 9.97. The van der Waals surface area contributed by atoms with Crippen molar-refractivity contribution in [2.75, 3.05) is 13.1 Å². The van der Waals surface area contributed by atoms with Gasteiger partial charge in [-0.1, -0.05) is 42.9 Å². The highest BCUT2D eigenvalue weighted by Gasteiger charge is 2.26. The second-order valence-corrected chi connectivity index (χ2v) is 6.57. The van der Waals surface area contributed by atoms with E-state index >= 15 is 0 Å². The van der Waals surface area contributed by atoms with Crippen LogP contribution >= 0.6 is 23.8 Å². The van der Waals surface area contributed by atoms with Gasteiger partial charge < -0.3 is 5.73 Å². The fourth-order valence-corrected chi connectivity index (χ4v) is 3.74. The van der Waals surface area contributed by atoms with Gasteiger partial charge in [-0.15, -0.1) is 0 Å². The molecule has 0 saturated heterocycles. The second-order valence-electron chi connectivity index (χ2n) is 3.74. The first-order valence-electron chi connectivity index (χ1n) is 5.42. The Labute approximate surface area is 118 Å². The molecule has 1 aromatic carbocycles. The zero-order chi connectivity index (χ0) is 13.8. The van der Waals surface area contributed by atoms with E-state index in [1.807, 2.05) is 6.92 Å². The van der Waals surface area contributed by atoms with Gasteiger partial charge in [0.25, 0.3) is 0 Å². The van der Waals surface area contributed by atoms with Gasteiger partial charge >= 0.3 is 0 Å². The molecule has 0 spiro atoms. The first-order valence-corrected chi connectivity index (χ1v) is 7.65. The van der Waals surface area contributed by atoms with E-state index in [2.05, 4.69) is 0 Å². The molecular weight excluding hydrogens is 292 g/mol. The van der Waals surface area contributed by atoms with Crippen molar-refractivity contribution in [2.24, 2.45) is 5.73 Å². The number of halogens is 1. The van der Waals surface area contributed by atoms with Crippen LogP contribution in [0.25, 0.3) is 0 Å². The Bertz CT molecular complexity index is 532. The molecule has 0 bridgehead atoms. The SMILES string of the molecule is CCCN(CC(N)=S)S(=O)(=O)c1ccccc1Cl. The fourth-order valence-electron chi connectivity index (χ4n) is 1.50. The monoisotopic (exact) mass is 306 g/mol. The maximum absolute atomic E-state index is 12.4. The topological polar surface area (TPSA) is 63.4 Å². The molecule has 0 unspecified atom stereocenters. The van der Waals surface area contributed by atoms with Crippen molar-refractivity contribution in [1.82, 2.24) is 4.31 Å². The van der Waals surface area contributed by atoms with Crippen LogP contribution in [0.3, 0.4) is 0 Å². The number of thiocarbonyl (C=S) groups is 1. The number of rotatable bonds is 6. The van der Waals surface area contributed by atoms with Crippen LogP contribution in [-0.4, -0.2) is 30.8 Å². The fraction of sp³-hybridized carbons (Fsp3) is 0.364. The van der Waals surface area contributed by atoms with Gasteiger partial charge in [0.2, 0.25) is 10.0 Å². The second kappa shape index (κ2) is 6.47. The molecule has 0 fully saturated rings. The minimum atomic E-state index is -3.66. The van der Waals surface area contributed by atoms with Gasteiger partial charge in [0.15, 0.2) is 0 Å². The highest BCUT2D eigenvalue weighted by atomic mass is 35.5. The summed E-state index contributed by atoms with van der Waals surface area (Å²) in [6, 6.07) is 6.32. The Morgan fingerprint density at radius 1 is 1.44 bits per heavy atom. The van der Waals surface area contributed by atoms with E-state index < -0.39 is 10.0 Å². The number of hydrogen-bond donors (Lipinski definition) is 1. The summed E-state index contributed by atoms with van der Waals surface area (Å²) < 4.78 is 26.1. The number of nitrogens with two attached hydrogens (primary N) is 1. The lowest BCUT2D eigenvalue weighted by Gasteiger charge is -2.21. The summed E-state index contributed by atoms with van der Waals surface area (Å²) >= 11 is 10.7. The Kier molecular flexibility index (Phi) is 5.52. The van der Waals surface area contributed by atoms with Crippen molar-refractivity contribution in [3.8, 4) is 0 Å². The van der Waals surface area contributed by atoms with Crippen LogP contribution in [0.2, 0.25) is 5.02 Å². The summed E-state index contributed by atoms with van der Waals surface area (Å²) in [7, 11) is -3.66. The first kappa shape index (κ1) is 15.4. The Morgan fingerprint density at radius 2 is 2.06 bits per heavy atom. The van der Waals surface area contributed by atoms with E-state index in [-0.39, 0.29) is 21.5 Å². The summed E-state index contributed by atoms with van der Waals surface area (Å²) in [5.41, 5.74) is 5.43. The van der Waals surface area contributed by atoms with Crippen LogP contribution in [0.4, 0.5) is 0 Å². The van der Waals surface area contributed by atoms with Crippen LogP contribution in [-0.2, 0) is 10.0 Å². The summed E-state index contributed by atoms with van der Waals surface area (Å²) in [6.45, 7) is 2.26. The molecule has 100 valence electrons. The van der Waals surface area contributed by atoms with Crippen molar-refractivity contribution in [3.63, 3.8) is 0 Å². The molecule has 0 aliphatic carbocycles. The van der Waals surface area contributed by atoms with Crippen LogP contribution in [0.1, 0.15) is 13.3 Å². The van der Waals surface area contributed by atoms with Crippen molar-refractivity contribution in [2.45, 2.75) is 18.2 Å². The summed E-state index contributed by atoms with van der Waals surface area (Å²) in [5.74, 6) is 0. The molecule has 0 heterocycles. The standard InChI is InChI=1S/C11H15ClN2O2S2/c1-2-7-14(8-11(13)17)18(15,16)10-6-4-3-5-9(10)12/h3-6H,2,7-8H2,1H3,(H2,13,17). The minimum Gasteiger partial charge on any atom is -0.392 e. The Hall–Kier alpha value is -0.690. The third-order valence-corrected chi connectivity index (χ3v) is 4.73. The Morgan fingerprint density at radius 3 is 2.56 bits per heavy atom. The average Bonchev–Trinajstić information content (AvgIpc) is 2.28. The summed E-state index contributed by atoms with van der Waals surface area (Å²) in [5, 5.41) is 0.196. The van der Waals surface area contributed by atoms with Gasteiger partial charge in [0.1, 0.15) is 4.90 Å². The number of sulfonamides is 1. The van der Waals surface area contributed by atoms with Crippen molar-refractivity contribution >= 4 is 38.8 Å². The quantitative estimate of drug-likeness (QED) is 0.817. The van der Waals surface area contributed by atoms with Gasteiger partial charge in [-0.2, -0.15) is 4.31 Å². The Balaban J connectivity index is 3.17. The molecule has 18 heavy (non-hydrogen) atoms. The van der Waals surface area contributed by atoms with E-state index in [4.69, 9.17) is 29.6 Å². The highest BCUT2D eigenvalue weighted by Crippen LogP contribution is 2.24. The predicted octanol–water partition coefficient (Wildman–Crippen LogP) is 2.03. The molecule has 0 atom stereocenters. The maximum Gasteiger partial charge on any atom is 0.244 e. The lowest BCUT2D eigenvalue weighted by Crippen LogP contribution is -2.38. The normalized spacial score (nSPS) is 11.7. The van der Waals surface area contributed by atoms with Gasteiger partial charge in [0.05, 0.1) is 16.6 Å². The lowest BCUT2D eigenvalue weighted by molar-refractivity contribution is 0.449. The molecule has 1 aromatic rings. The van der Waals surface area contributed by atoms with Crippen LogP contribution in [0.5, 0.6) is 0 Å². The molecule has 4 nitrogen and oxygen atoms in total. The van der Waals surface area contributed by atoms with E-state index in [0.29, 0.717) is 13.0 Å². The molecule has 0 aliphatic rings. The van der Waals surface area contributed by atoms with Crippen LogP contribution in [0, 0.1) is 0 Å². The van der Waals surface area contributed by atoms with E-state index in [0.717, 1.165) is 0 Å². The molecule has 1 rings (SSSR count). The first-order chi connectivity index (χ1) is 8.39. The van der Waals surface area contributed by atoms with Crippen molar-refractivity contribution in [3.05, 3.63) is 29.3 Å². The molecule has 0 amide bonds. The van der Waals surface area contributed by atoms with E-state index in [9.17, 15) is 8.42 Å². The molecule has 0 aromatic heterocycles. The zero-order valence-corrected chi connectivity index (χ0v) is 12.4. The maximum atomic E-state index is 12.4. The summed E-state index contributed by atoms with van der Waals surface area (Å²) in [6.07, 6.45) is 0.673. The third-order valence-electron chi connectivity index (χ3n) is 2.26. The molecule has 7 heteroatoms. The lowest BCUT2D eigenvalue weighted by atomic mass is 10.4. The van der Waals surface area contributed by atoms with E-state index in [1.54, 1.807) is 18.2 Å².